The number of amides is 1. The first kappa shape index (κ1) is 31.9. The molecule has 0 spiro atoms. The largest absolute Gasteiger partial charge is 0.490 e. The molecule has 5 rings (SSSR count). The molecule has 10 heteroatoms. The van der Waals surface area contributed by atoms with Gasteiger partial charge in [0, 0.05) is 44.6 Å². The molecule has 3 aromatic rings. The predicted molar refractivity (Wildman–Crippen MR) is 157 cm³/mol. The van der Waals surface area contributed by atoms with Crippen LogP contribution in [0.15, 0.2) is 78.9 Å². The quantitative estimate of drug-likeness (QED) is 0.378. The molecule has 0 radical (unpaired) electrons. The maximum atomic E-state index is 13.0. The highest BCUT2D eigenvalue weighted by Gasteiger charge is 2.38. The van der Waals surface area contributed by atoms with E-state index >= 15 is 0 Å². The number of ketones is 1. The van der Waals surface area contributed by atoms with E-state index in [1.54, 1.807) is 0 Å². The third-order valence-corrected chi connectivity index (χ3v) is 7.74. The van der Waals surface area contributed by atoms with E-state index in [1.165, 1.54) is 22.3 Å². The molecule has 0 aromatic heterocycles. The molecule has 228 valence electrons. The summed E-state index contributed by atoms with van der Waals surface area (Å²) >= 11 is 0. The summed E-state index contributed by atoms with van der Waals surface area (Å²) in [5.74, 6) is -2.61. The molecule has 3 aromatic carbocycles. The van der Waals surface area contributed by atoms with Gasteiger partial charge < -0.3 is 15.3 Å². The Kier molecular flexibility index (Phi) is 11.1. The second-order valence-corrected chi connectivity index (χ2v) is 10.6. The van der Waals surface area contributed by atoms with Crippen molar-refractivity contribution in [3.63, 3.8) is 0 Å². The van der Waals surface area contributed by atoms with Crippen molar-refractivity contribution >= 4 is 17.7 Å². The molecule has 2 heterocycles. The Labute approximate surface area is 249 Å². The van der Waals surface area contributed by atoms with E-state index in [-0.39, 0.29) is 30.6 Å². The van der Waals surface area contributed by atoms with E-state index in [0.29, 0.717) is 13.1 Å². The molecular formula is C33H36F3N3O4. The van der Waals surface area contributed by atoms with Gasteiger partial charge in [-0.05, 0) is 54.3 Å². The van der Waals surface area contributed by atoms with E-state index in [1.807, 2.05) is 29.2 Å². The number of carboxylic acids is 1. The minimum atomic E-state index is -5.08. The molecule has 2 aliphatic rings. The first-order valence-electron chi connectivity index (χ1n) is 14.4. The summed E-state index contributed by atoms with van der Waals surface area (Å²) in [4.78, 5) is 39.1. The average molecular weight is 596 g/mol. The molecule has 0 aliphatic carbocycles. The van der Waals surface area contributed by atoms with Crippen molar-refractivity contribution < 1.29 is 32.7 Å². The Morgan fingerprint density at radius 2 is 1.30 bits per heavy atom. The topological polar surface area (TPSA) is 90.0 Å². The summed E-state index contributed by atoms with van der Waals surface area (Å²) in [7, 11) is 0. The lowest BCUT2D eigenvalue weighted by molar-refractivity contribution is -0.192. The first-order valence-corrected chi connectivity index (χ1v) is 14.4. The fourth-order valence-corrected chi connectivity index (χ4v) is 5.48. The van der Waals surface area contributed by atoms with Crippen LogP contribution in [0.2, 0.25) is 0 Å². The van der Waals surface area contributed by atoms with Crippen molar-refractivity contribution in [2.75, 3.05) is 39.3 Å². The van der Waals surface area contributed by atoms with Crippen LogP contribution < -0.4 is 5.32 Å². The number of alkyl halides is 3. The summed E-state index contributed by atoms with van der Waals surface area (Å²) in [6.45, 7) is 4.94. The number of hydrogen-bond acceptors (Lipinski definition) is 5. The second-order valence-electron chi connectivity index (χ2n) is 10.6. The smallest absolute Gasteiger partial charge is 0.475 e. The summed E-state index contributed by atoms with van der Waals surface area (Å²) in [6.07, 6.45) is -2.58. The van der Waals surface area contributed by atoms with Crippen LogP contribution in [-0.4, -0.2) is 78.0 Å². The molecule has 0 saturated carbocycles. The third-order valence-electron chi connectivity index (χ3n) is 7.74. The Morgan fingerprint density at radius 1 is 0.767 bits per heavy atom. The highest BCUT2D eigenvalue weighted by atomic mass is 19.4. The van der Waals surface area contributed by atoms with Gasteiger partial charge in [0.2, 0.25) is 5.91 Å². The SMILES string of the molecule is O=C(CCC(=O)N1CCN(C(c2ccccc2)c2ccccc2)CC1)c1ccc2c(c1)CCNCC2.O=C(O)C(F)(F)F. The van der Waals surface area contributed by atoms with Crippen LogP contribution in [0.3, 0.4) is 0 Å². The minimum Gasteiger partial charge on any atom is -0.475 e. The van der Waals surface area contributed by atoms with Crippen LogP contribution in [0.5, 0.6) is 0 Å². The standard InChI is InChI=1S/C31H35N3O2.C2HF3O2/c35-29(28-12-11-24-15-17-32-18-16-27(24)23-28)13-14-30(36)33-19-21-34(22-20-33)31(25-7-3-1-4-8-25)26-9-5-2-6-10-26;3-2(4,5)1(6)7/h1-12,23,31-32H,13-22H2;(H,6,7). The van der Waals surface area contributed by atoms with E-state index in [0.717, 1.165) is 44.6 Å². The van der Waals surface area contributed by atoms with Gasteiger partial charge in [-0.3, -0.25) is 14.5 Å². The van der Waals surface area contributed by atoms with Gasteiger partial charge in [-0.2, -0.15) is 13.2 Å². The number of aliphatic carboxylic acids is 1. The van der Waals surface area contributed by atoms with Gasteiger partial charge in [0.05, 0.1) is 6.04 Å². The molecule has 1 amide bonds. The molecule has 1 fully saturated rings. The molecule has 1 saturated heterocycles. The molecule has 0 unspecified atom stereocenters. The molecule has 0 atom stereocenters. The lowest BCUT2D eigenvalue weighted by atomic mass is 9.96. The third kappa shape index (κ3) is 8.98. The molecule has 43 heavy (non-hydrogen) atoms. The fourth-order valence-electron chi connectivity index (χ4n) is 5.48. The number of halogens is 3. The fraction of sp³-hybridized carbons (Fsp3) is 0.364. The van der Waals surface area contributed by atoms with Crippen molar-refractivity contribution in [3.05, 3.63) is 107 Å². The lowest BCUT2D eigenvalue weighted by Gasteiger charge is -2.39. The normalized spacial score (nSPS) is 15.6. The molecule has 0 bridgehead atoms. The van der Waals surface area contributed by atoms with Crippen molar-refractivity contribution in [1.29, 1.82) is 0 Å². The highest BCUT2D eigenvalue weighted by Crippen LogP contribution is 2.29. The number of benzene rings is 3. The summed E-state index contributed by atoms with van der Waals surface area (Å²) in [5.41, 5.74) is 5.87. The number of fused-ring (bicyclic) bond motifs is 1. The molecule has 2 N–H and O–H groups in total. The van der Waals surface area contributed by atoms with Gasteiger partial charge >= 0.3 is 12.1 Å². The zero-order chi connectivity index (χ0) is 30.8. The zero-order valence-electron chi connectivity index (χ0n) is 23.9. The number of carbonyl (C=O) groups excluding carboxylic acids is 2. The summed E-state index contributed by atoms with van der Waals surface area (Å²) in [6, 6.07) is 27.4. The Hall–Kier alpha value is -4.02. The lowest BCUT2D eigenvalue weighted by Crippen LogP contribution is -2.49. The van der Waals surface area contributed by atoms with Crippen molar-refractivity contribution in [1.82, 2.24) is 15.1 Å². The Bertz CT molecular complexity index is 1340. The number of nitrogens with one attached hydrogen (secondary N) is 1. The van der Waals surface area contributed by atoms with Gasteiger partial charge in [0.15, 0.2) is 5.78 Å². The number of nitrogens with zero attached hydrogens (tertiary/aromatic N) is 2. The average Bonchev–Trinajstić information content (AvgIpc) is 3.26. The van der Waals surface area contributed by atoms with Crippen LogP contribution in [0.1, 0.15) is 51.5 Å². The van der Waals surface area contributed by atoms with Crippen LogP contribution in [-0.2, 0) is 22.4 Å². The van der Waals surface area contributed by atoms with Crippen LogP contribution in [0, 0.1) is 0 Å². The molecule has 2 aliphatic heterocycles. The molecular weight excluding hydrogens is 559 g/mol. The van der Waals surface area contributed by atoms with Gasteiger partial charge in [-0.25, -0.2) is 4.79 Å². The summed E-state index contributed by atoms with van der Waals surface area (Å²) in [5, 5.41) is 10.5. The van der Waals surface area contributed by atoms with Crippen LogP contribution in [0.4, 0.5) is 13.2 Å². The van der Waals surface area contributed by atoms with Gasteiger partial charge in [0.25, 0.3) is 0 Å². The zero-order valence-corrected chi connectivity index (χ0v) is 23.9. The van der Waals surface area contributed by atoms with Gasteiger partial charge in [-0.1, -0.05) is 72.8 Å². The van der Waals surface area contributed by atoms with Crippen LogP contribution >= 0.6 is 0 Å². The molecule has 7 nitrogen and oxygen atoms in total. The monoisotopic (exact) mass is 595 g/mol. The number of carbonyl (C=O) groups is 3. The first-order chi connectivity index (χ1) is 20.6. The maximum absolute atomic E-state index is 13.0. The number of rotatable bonds is 7. The summed E-state index contributed by atoms with van der Waals surface area (Å²) < 4.78 is 31.7. The predicted octanol–water partition coefficient (Wildman–Crippen LogP) is 4.90. The Morgan fingerprint density at radius 3 is 1.84 bits per heavy atom. The van der Waals surface area contributed by atoms with Crippen molar-refractivity contribution in [2.45, 2.75) is 37.9 Å². The van der Waals surface area contributed by atoms with Crippen LogP contribution in [0.25, 0.3) is 0 Å². The number of carboxylic acid groups (broad SMARTS) is 1. The van der Waals surface area contributed by atoms with Crippen molar-refractivity contribution in [2.24, 2.45) is 0 Å². The highest BCUT2D eigenvalue weighted by molar-refractivity contribution is 5.98. The minimum absolute atomic E-state index is 0.0650. The number of Topliss-reactive ketones (excluding diaryl/α,β-unsaturated/α-hetero) is 1. The van der Waals surface area contributed by atoms with E-state index < -0.39 is 12.1 Å². The van der Waals surface area contributed by atoms with Gasteiger partial charge in [-0.15, -0.1) is 0 Å². The Balaban J connectivity index is 0.000000541. The van der Waals surface area contributed by atoms with E-state index in [4.69, 9.17) is 9.90 Å². The maximum Gasteiger partial charge on any atom is 0.490 e. The van der Waals surface area contributed by atoms with Gasteiger partial charge in [0.1, 0.15) is 0 Å². The number of hydrogen-bond donors (Lipinski definition) is 2. The number of piperazine rings is 1. The van der Waals surface area contributed by atoms with E-state index in [9.17, 15) is 22.8 Å². The van der Waals surface area contributed by atoms with Crippen molar-refractivity contribution in [3.8, 4) is 0 Å². The second kappa shape index (κ2) is 14.9. The van der Waals surface area contributed by atoms with E-state index in [2.05, 4.69) is 64.8 Å².